The van der Waals surface area contributed by atoms with E-state index in [0.29, 0.717) is 0 Å². The zero-order valence-electron chi connectivity index (χ0n) is 13.0. The largest absolute Gasteiger partial charge is 0.497 e. The third-order valence-corrected chi connectivity index (χ3v) is 3.74. The van der Waals surface area contributed by atoms with Crippen LogP contribution >= 0.6 is 0 Å². The molecule has 3 nitrogen and oxygen atoms in total. The summed E-state index contributed by atoms with van der Waals surface area (Å²) < 4.78 is 5.28. The lowest BCUT2D eigenvalue weighted by Crippen LogP contribution is -2.20. The number of rotatable bonds is 6. The van der Waals surface area contributed by atoms with Crippen LogP contribution in [0.2, 0.25) is 0 Å². The van der Waals surface area contributed by atoms with E-state index in [1.54, 1.807) is 7.11 Å². The van der Waals surface area contributed by atoms with Crippen molar-refractivity contribution in [1.82, 2.24) is 0 Å². The summed E-state index contributed by atoms with van der Waals surface area (Å²) in [4.78, 5) is 2.24. The zero-order chi connectivity index (χ0) is 15.2. The predicted octanol–water partition coefficient (Wildman–Crippen LogP) is 3.74. The summed E-state index contributed by atoms with van der Waals surface area (Å²) in [6.07, 6.45) is 0.935. The highest BCUT2D eigenvalue weighted by Gasteiger charge is 2.12. The van der Waals surface area contributed by atoms with Crippen LogP contribution in [0.15, 0.2) is 48.5 Å². The number of benzene rings is 2. The van der Waals surface area contributed by atoms with Crippen LogP contribution in [0.25, 0.3) is 0 Å². The van der Waals surface area contributed by atoms with Crippen LogP contribution in [0.3, 0.4) is 0 Å². The maximum Gasteiger partial charge on any atom is 0.119 e. The standard InChI is InChI=1S/C18H24N2O/c1-4-17(19)16-10-5-6-11-18(16)20(2)13-14-8-7-9-15(12-14)21-3/h5-12,17H,4,13,19H2,1-3H3/t17-/m0/s1. The Morgan fingerprint density at radius 1 is 1.14 bits per heavy atom. The van der Waals surface area contributed by atoms with Gasteiger partial charge in [0, 0.05) is 25.3 Å². The average molecular weight is 284 g/mol. The molecule has 3 heteroatoms. The van der Waals surface area contributed by atoms with Crippen molar-refractivity contribution in [1.29, 1.82) is 0 Å². The van der Waals surface area contributed by atoms with Gasteiger partial charge in [-0.15, -0.1) is 0 Å². The third kappa shape index (κ3) is 3.76. The van der Waals surface area contributed by atoms with Gasteiger partial charge < -0.3 is 15.4 Å². The lowest BCUT2D eigenvalue weighted by molar-refractivity contribution is 0.414. The number of hydrogen-bond acceptors (Lipinski definition) is 3. The molecule has 0 heterocycles. The summed E-state index contributed by atoms with van der Waals surface area (Å²) in [6, 6.07) is 16.6. The Balaban J connectivity index is 2.22. The van der Waals surface area contributed by atoms with Gasteiger partial charge in [-0.05, 0) is 35.7 Å². The molecule has 0 aliphatic rings. The smallest absolute Gasteiger partial charge is 0.119 e. The molecule has 21 heavy (non-hydrogen) atoms. The maximum absolute atomic E-state index is 6.23. The molecule has 0 aliphatic heterocycles. The lowest BCUT2D eigenvalue weighted by atomic mass is 10.0. The first-order chi connectivity index (χ1) is 10.2. The number of nitrogens with zero attached hydrogens (tertiary/aromatic N) is 1. The Morgan fingerprint density at radius 2 is 1.90 bits per heavy atom. The SMILES string of the molecule is CC[C@H](N)c1ccccc1N(C)Cc1cccc(OC)c1. The van der Waals surface area contributed by atoms with Gasteiger partial charge >= 0.3 is 0 Å². The molecule has 2 aromatic carbocycles. The van der Waals surface area contributed by atoms with Gasteiger partial charge in [0.1, 0.15) is 5.75 Å². The van der Waals surface area contributed by atoms with Crippen LogP contribution in [0.4, 0.5) is 5.69 Å². The highest BCUT2D eigenvalue weighted by Crippen LogP contribution is 2.27. The summed E-state index contributed by atoms with van der Waals surface area (Å²) >= 11 is 0. The molecule has 0 saturated heterocycles. The molecule has 0 radical (unpaired) electrons. The quantitative estimate of drug-likeness (QED) is 0.878. The molecule has 0 saturated carbocycles. The van der Waals surface area contributed by atoms with E-state index in [-0.39, 0.29) is 6.04 Å². The van der Waals surface area contributed by atoms with Crippen molar-refractivity contribution < 1.29 is 4.74 Å². The number of hydrogen-bond donors (Lipinski definition) is 1. The highest BCUT2D eigenvalue weighted by atomic mass is 16.5. The maximum atomic E-state index is 6.23. The van der Waals surface area contributed by atoms with Gasteiger partial charge in [0.25, 0.3) is 0 Å². The molecule has 2 aromatic rings. The topological polar surface area (TPSA) is 38.5 Å². The zero-order valence-corrected chi connectivity index (χ0v) is 13.0. The molecule has 0 bridgehead atoms. The van der Waals surface area contributed by atoms with Crippen LogP contribution in [0.5, 0.6) is 5.75 Å². The number of anilines is 1. The van der Waals surface area contributed by atoms with Gasteiger partial charge in [0.15, 0.2) is 0 Å². The second-order valence-electron chi connectivity index (χ2n) is 5.28. The van der Waals surface area contributed by atoms with Gasteiger partial charge in [0.2, 0.25) is 0 Å². The summed E-state index contributed by atoms with van der Waals surface area (Å²) in [5.74, 6) is 0.888. The van der Waals surface area contributed by atoms with E-state index in [0.717, 1.165) is 18.7 Å². The molecular weight excluding hydrogens is 260 g/mol. The monoisotopic (exact) mass is 284 g/mol. The molecule has 2 N–H and O–H groups in total. The normalized spacial score (nSPS) is 12.0. The minimum Gasteiger partial charge on any atom is -0.497 e. The summed E-state index contributed by atoms with van der Waals surface area (Å²) in [5.41, 5.74) is 9.83. The van der Waals surface area contributed by atoms with Gasteiger partial charge in [-0.2, -0.15) is 0 Å². The third-order valence-electron chi connectivity index (χ3n) is 3.74. The first kappa shape index (κ1) is 15.4. The minimum absolute atomic E-state index is 0.0777. The fraction of sp³-hybridized carbons (Fsp3) is 0.333. The molecule has 112 valence electrons. The molecule has 0 unspecified atom stereocenters. The fourth-order valence-corrected chi connectivity index (χ4v) is 2.50. The second-order valence-corrected chi connectivity index (χ2v) is 5.28. The summed E-state index contributed by atoms with van der Waals surface area (Å²) in [5, 5.41) is 0. The predicted molar refractivity (Wildman–Crippen MR) is 88.8 cm³/mol. The average Bonchev–Trinajstić information content (AvgIpc) is 2.54. The summed E-state index contributed by atoms with van der Waals surface area (Å²) in [7, 11) is 3.79. The molecule has 0 spiro atoms. The number of nitrogens with two attached hydrogens (primary N) is 1. The molecule has 0 aliphatic carbocycles. The van der Waals surface area contributed by atoms with Crippen molar-refractivity contribution in [2.75, 3.05) is 19.1 Å². The molecule has 1 atom stereocenters. The molecule has 2 rings (SSSR count). The fourth-order valence-electron chi connectivity index (χ4n) is 2.50. The van der Waals surface area contributed by atoms with Crippen molar-refractivity contribution in [3.8, 4) is 5.75 Å². The number of ether oxygens (including phenoxy) is 1. The van der Waals surface area contributed by atoms with E-state index in [4.69, 9.17) is 10.5 Å². The lowest BCUT2D eigenvalue weighted by Gasteiger charge is -2.25. The minimum atomic E-state index is 0.0777. The Labute approximate surface area is 127 Å². The van der Waals surface area contributed by atoms with Gasteiger partial charge in [-0.1, -0.05) is 37.3 Å². The summed E-state index contributed by atoms with van der Waals surface area (Å²) in [6.45, 7) is 2.94. The van der Waals surface area contributed by atoms with E-state index in [1.807, 2.05) is 18.2 Å². The Bertz CT molecular complexity index is 583. The first-order valence-corrected chi connectivity index (χ1v) is 7.34. The van der Waals surface area contributed by atoms with Crippen LogP contribution in [0, 0.1) is 0 Å². The Morgan fingerprint density at radius 3 is 2.62 bits per heavy atom. The highest BCUT2D eigenvalue weighted by molar-refractivity contribution is 5.54. The molecule has 0 amide bonds. The number of para-hydroxylation sites is 1. The van der Waals surface area contributed by atoms with Crippen LogP contribution in [0.1, 0.15) is 30.5 Å². The molecular formula is C18H24N2O. The Kier molecular flexibility index (Phi) is 5.23. The van der Waals surface area contributed by atoms with Gasteiger partial charge in [-0.3, -0.25) is 0 Å². The van der Waals surface area contributed by atoms with Gasteiger partial charge in [0.05, 0.1) is 7.11 Å². The van der Waals surface area contributed by atoms with Crippen molar-refractivity contribution >= 4 is 5.69 Å². The van der Waals surface area contributed by atoms with E-state index in [9.17, 15) is 0 Å². The van der Waals surface area contributed by atoms with Crippen molar-refractivity contribution in [3.63, 3.8) is 0 Å². The van der Waals surface area contributed by atoms with Crippen molar-refractivity contribution in [2.24, 2.45) is 5.73 Å². The Hall–Kier alpha value is -2.00. The van der Waals surface area contributed by atoms with Crippen LogP contribution in [-0.2, 0) is 6.54 Å². The van der Waals surface area contributed by atoms with E-state index < -0.39 is 0 Å². The van der Waals surface area contributed by atoms with Crippen molar-refractivity contribution in [2.45, 2.75) is 25.9 Å². The molecule has 0 aromatic heterocycles. The second kappa shape index (κ2) is 7.14. The molecule has 0 fully saturated rings. The first-order valence-electron chi connectivity index (χ1n) is 7.34. The van der Waals surface area contributed by atoms with E-state index in [1.165, 1.54) is 16.8 Å². The van der Waals surface area contributed by atoms with E-state index in [2.05, 4.69) is 49.2 Å². The van der Waals surface area contributed by atoms with Crippen molar-refractivity contribution in [3.05, 3.63) is 59.7 Å². The van der Waals surface area contributed by atoms with Crippen LogP contribution in [-0.4, -0.2) is 14.2 Å². The van der Waals surface area contributed by atoms with Gasteiger partial charge in [-0.25, -0.2) is 0 Å². The van der Waals surface area contributed by atoms with E-state index >= 15 is 0 Å². The van der Waals surface area contributed by atoms with Crippen LogP contribution < -0.4 is 15.4 Å². The number of methoxy groups -OCH3 is 1.